The Balaban J connectivity index is 1.67. The fraction of sp³-hybridized carbons (Fsp3) is 0.167. The number of nitrogens with zero attached hydrogens (tertiary/aromatic N) is 4. The summed E-state index contributed by atoms with van der Waals surface area (Å²) in [5, 5.41) is 6.74. The Morgan fingerprint density at radius 3 is 2.67 bits per heavy atom. The van der Waals surface area contributed by atoms with E-state index in [9.17, 15) is 18.4 Å². The summed E-state index contributed by atoms with van der Waals surface area (Å²) in [7, 11) is 0. The zero-order valence-electron chi connectivity index (χ0n) is 17.9. The zero-order valence-corrected chi connectivity index (χ0v) is 17.9. The Morgan fingerprint density at radius 2 is 1.94 bits per heavy atom. The third kappa shape index (κ3) is 4.43. The van der Waals surface area contributed by atoms with Crippen molar-refractivity contribution in [3.63, 3.8) is 0 Å². The van der Waals surface area contributed by atoms with Gasteiger partial charge in [0.1, 0.15) is 11.6 Å². The Kier molecular flexibility index (Phi) is 6.12. The van der Waals surface area contributed by atoms with Crippen LogP contribution in [0.25, 0.3) is 17.2 Å². The average Bonchev–Trinajstić information content (AvgIpc) is 3.25. The quantitative estimate of drug-likeness (QED) is 0.434. The first-order valence-corrected chi connectivity index (χ1v) is 10.3. The van der Waals surface area contributed by atoms with Crippen LogP contribution in [0.1, 0.15) is 17.7 Å². The van der Waals surface area contributed by atoms with Gasteiger partial charge in [-0.15, -0.1) is 11.7 Å². The summed E-state index contributed by atoms with van der Waals surface area (Å²) in [6, 6.07) is 12.1. The van der Waals surface area contributed by atoms with Crippen LogP contribution in [-0.4, -0.2) is 25.1 Å². The number of nitrogens with one attached hydrogen (secondary N) is 1. The Labute approximate surface area is 188 Å². The molecule has 168 valence electrons. The number of carbonyl (C=O) groups excluding carboxylic acids is 1. The van der Waals surface area contributed by atoms with Gasteiger partial charge >= 0.3 is 0 Å². The zero-order chi connectivity index (χ0) is 23.5. The number of benzene rings is 2. The first kappa shape index (κ1) is 22.1. The van der Waals surface area contributed by atoms with Gasteiger partial charge in [0.25, 0.3) is 5.56 Å². The van der Waals surface area contributed by atoms with Gasteiger partial charge < -0.3 is 9.88 Å². The summed E-state index contributed by atoms with van der Waals surface area (Å²) in [4.78, 5) is 30.1. The van der Waals surface area contributed by atoms with Gasteiger partial charge in [0.2, 0.25) is 11.7 Å². The predicted octanol–water partition coefficient (Wildman–Crippen LogP) is 3.90. The normalized spacial score (nSPS) is 11.0. The minimum Gasteiger partial charge on any atom is -0.324 e. The van der Waals surface area contributed by atoms with E-state index in [1.165, 1.54) is 4.52 Å². The van der Waals surface area contributed by atoms with Gasteiger partial charge in [-0.05, 0) is 25.5 Å². The van der Waals surface area contributed by atoms with Gasteiger partial charge in [-0.2, -0.15) is 9.50 Å². The number of amides is 1. The molecular formula is C24H21F2N5O2. The van der Waals surface area contributed by atoms with Crippen molar-refractivity contribution in [2.45, 2.75) is 26.3 Å². The van der Waals surface area contributed by atoms with E-state index in [4.69, 9.17) is 0 Å². The van der Waals surface area contributed by atoms with Crippen molar-refractivity contribution in [3.05, 3.63) is 94.4 Å². The molecule has 4 aromatic rings. The molecule has 2 heterocycles. The summed E-state index contributed by atoms with van der Waals surface area (Å²) in [5.41, 5.74) is 1.14. The maximum atomic E-state index is 13.8. The highest BCUT2D eigenvalue weighted by Gasteiger charge is 2.19. The molecule has 0 saturated carbocycles. The minimum atomic E-state index is -0.744. The number of aromatic nitrogens is 4. The number of allylic oxidation sites excluding steroid dienone is 1. The number of halogens is 2. The molecule has 9 heteroatoms. The van der Waals surface area contributed by atoms with Crippen molar-refractivity contribution in [1.82, 2.24) is 19.2 Å². The topological polar surface area (TPSA) is 81.3 Å². The van der Waals surface area contributed by atoms with Crippen molar-refractivity contribution in [2.75, 3.05) is 5.32 Å². The van der Waals surface area contributed by atoms with Gasteiger partial charge in [0.05, 0.1) is 5.69 Å². The number of fused-ring (bicyclic) bond motifs is 1. The maximum Gasteiger partial charge on any atom is 0.279 e. The molecule has 1 amide bonds. The van der Waals surface area contributed by atoms with Gasteiger partial charge in [-0.1, -0.05) is 36.4 Å². The molecule has 0 spiro atoms. The molecule has 0 aliphatic heterocycles. The highest BCUT2D eigenvalue weighted by Crippen LogP contribution is 2.18. The van der Waals surface area contributed by atoms with E-state index in [-0.39, 0.29) is 24.1 Å². The van der Waals surface area contributed by atoms with Crippen molar-refractivity contribution in [1.29, 1.82) is 0 Å². The van der Waals surface area contributed by atoms with E-state index < -0.39 is 17.5 Å². The molecule has 4 rings (SSSR count). The molecule has 0 atom stereocenters. The third-order valence-corrected chi connectivity index (χ3v) is 5.27. The van der Waals surface area contributed by atoms with Crippen molar-refractivity contribution in [3.8, 4) is 11.4 Å². The lowest BCUT2D eigenvalue weighted by Crippen LogP contribution is -2.27. The lowest BCUT2D eigenvalue weighted by Gasteiger charge is -2.14. The fourth-order valence-corrected chi connectivity index (χ4v) is 3.60. The van der Waals surface area contributed by atoms with Crippen LogP contribution in [0.3, 0.4) is 0 Å². The SMILES string of the molecule is C=CCn1c(C)c(CCC(=O)Nc2cc(F)ccc2F)c(=O)n2nc(-c3ccccc3)nc12. The Bertz CT molecular complexity index is 1410. The minimum absolute atomic E-state index is 0.0844. The van der Waals surface area contributed by atoms with Crippen LogP contribution in [0.5, 0.6) is 0 Å². The molecule has 0 aliphatic rings. The van der Waals surface area contributed by atoms with E-state index in [2.05, 4.69) is 22.0 Å². The van der Waals surface area contributed by atoms with Crippen LogP contribution in [-0.2, 0) is 17.8 Å². The molecule has 0 fully saturated rings. The Morgan fingerprint density at radius 1 is 1.18 bits per heavy atom. The summed E-state index contributed by atoms with van der Waals surface area (Å²) < 4.78 is 30.2. The fourth-order valence-electron chi connectivity index (χ4n) is 3.60. The van der Waals surface area contributed by atoms with Crippen LogP contribution >= 0.6 is 0 Å². The second-order valence-corrected chi connectivity index (χ2v) is 7.45. The first-order valence-electron chi connectivity index (χ1n) is 10.3. The molecule has 0 unspecified atom stereocenters. The molecule has 0 saturated heterocycles. The molecule has 0 radical (unpaired) electrons. The number of carbonyl (C=O) groups is 1. The Hall–Kier alpha value is -4.14. The van der Waals surface area contributed by atoms with Gasteiger partial charge in [-0.25, -0.2) is 8.78 Å². The van der Waals surface area contributed by atoms with Gasteiger partial charge in [0, 0.05) is 35.9 Å². The van der Waals surface area contributed by atoms with Crippen LogP contribution < -0.4 is 10.9 Å². The molecule has 7 nitrogen and oxygen atoms in total. The van der Waals surface area contributed by atoms with E-state index in [0.29, 0.717) is 29.4 Å². The van der Waals surface area contributed by atoms with Crippen LogP contribution in [0.2, 0.25) is 0 Å². The molecule has 2 aromatic carbocycles. The molecular weight excluding hydrogens is 428 g/mol. The van der Waals surface area contributed by atoms with Crippen LogP contribution in [0.15, 0.2) is 66.0 Å². The van der Waals surface area contributed by atoms with Crippen molar-refractivity contribution >= 4 is 17.4 Å². The summed E-state index contributed by atoms with van der Waals surface area (Å²) >= 11 is 0. The van der Waals surface area contributed by atoms with Gasteiger partial charge in [-0.3, -0.25) is 9.59 Å². The standard InChI is InChI=1S/C24H21F2N5O2/c1-3-13-30-15(2)18(10-12-21(32)27-20-14-17(25)9-11-19(20)26)23(33)31-24(30)28-22(29-31)16-7-5-4-6-8-16/h3-9,11,14H,1,10,12-13H2,2H3,(H,27,32). The van der Waals surface area contributed by atoms with Crippen LogP contribution in [0.4, 0.5) is 14.5 Å². The molecule has 0 bridgehead atoms. The number of hydrogen-bond donors (Lipinski definition) is 1. The summed E-state index contributed by atoms with van der Waals surface area (Å²) in [6.45, 7) is 5.92. The average molecular weight is 449 g/mol. The molecule has 33 heavy (non-hydrogen) atoms. The maximum absolute atomic E-state index is 13.8. The van der Waals surface area contributed by atoms with E-state index in [1.807, 2.05) is 30.3 Å². The van der Waals surface area contributed by atoms with E-state index in [1.54, 1.807) is 17.6 Å². The van der Waals surface area contributed by atoms with E-state index in [0.717, 1.165) is 23.8 Å². The smallest absolute Gasteiger partial charge is 0.279 e. The van der Waals surface area contributed by atoms with Crippen molar-refractivity contribution < 1.29 is 13.6 Å². The largest absolute Gasteiger partial charge is 0.324 e. The highest BCUT2D eigenvalue weighted by atomic mass is 19.1. The number of hydrogen-bond acceptors (Lipinski definition) is 4. The molecule has 2 aromatic heterocycles. The summed E-state index contributed by atoms with van der Waals surface area (Å²) in [5.74, 6) is -1.18. The monoisotopic (exact) mass is 449 g/mol. The highest BCUT2D eigenvalue weighted by molar-refractivity contribution is 5.91. The number of rotatable bonds is 7. The van der Waals surface area contributed by atoms with Crippen LogP contribution in [0, 0.1) is 18.6 Å². The molecule has 1 N–H and O–H groups in total. The van der Waals surface area contributed by atoms with Gasteiger partial charge in [0.15, 0.2) is 5.82 Å². The lowest BCUT2D eigenvalue weighted by molar-refractivity contribution is -0.116. The first-order chi connectivity index (χ1) is 15.9. The third-order valence-electron chi connectivity index (χ3n) is 5.27. The molecule has 0 aliphatic carbocycles. The van der Waals surface area contributed by atoms with Crippen molar-refractivity contribution in [2.24, 2.45) is 0 Å². The predicted molar refractivity (Wildman–Crippen MR) is 121 cm³/mol. The number of anilines is 1. The summed E-state index contributed by atoms with van der Waals surface area (Å²) in [6.07, 6.45) is 1.66. The second kappa shape index (κ2) is 9.15. The second-order valence-electron chi connectivity index (χ2n) is 7.45. The van der Waals surface area contributed by atoms with E-state index >= 15 is 0 Å². The lowest BCUT2D eigenvalue weighted by atomic mass is 10.1.